The van der Waals surface area contributed by atoms with E-state index in [0.29, 0.717) is 11.5 Å². The van der Waals surface area contributed by atoms with Crippen LogP contribution in [0, 0.1) is 0 Å². The van der Waals surface area contributed by atoms with Gasteiger partial charge < -0.3 is 19.9 Å². The zero-order valence-electron chi connectivity index (χ0n) is 10.8. The molecule has 1 aromatic carbocycles. The summed E-state index contributed by atoms with van der Waals surface area (Å²) in [5.41, 5.74) is -0.433. The van der Waals surface area contributed by atoms with Gasteiger partial charge in [-0.3, -0.25) is 4.79 Å². The summed E-state index contributed by atoms with van der Waals surface area (Å²) < 4.78 is 11.4. The first-order valence-corrected chi connectivity index (χ1v) is 6.49. The maximum atomic E-state index is 12.2. The second-order valence-electron chi connectivity index (χ2n) is 5.24. The molecule has 2 aliphatic rings. The molecule has 0 spiro atoms. The Kier molecular flexibility index (Phi) is 2.86. The molecule has 2 unspecified atom stereocenters. The van der Waals surface area contributed by atoms with E-state index in [9.17, 15) is 9.90 Å². The highest BCUT2D eigenvalue weighted by atomic mass is 16.6. The molecule has 0 aromatic heterocycles. The number of benzene rings is 1. The number of aliphatic hydroxyl groups excluding tert-OH is 1. The van der Waals surface area contributed by atoms with Crippen LogP contribution >= 0.6 is 0 Å². The van der Waals surface area contributed by atoms with E-state index in [4.69, 9.17) is 9.47 Å². The summed E-state index contributed by atoms with van der Waals surface area (Å²) in [5.74, 6) is 1.01. The van der Waals surface area contributed by atoms with Crippen molar-refractivity contribution in [2.75, 3.05) is 6.61 Å². The minimum atomic E-state index is -0.682. The Labute approximate surface area is 111 Å². The fourth-order valence-corrected chi connectivity index (χ4v) is 2.21. The number of rotatable bonds is 3. The Hall–Kier alpha value is -1.75. The van der Waals surface area contributed by atoms with Crippen molar-refractivity contribution in [1.82, 2.24) is 5.32 Å². The fourth-order valence-electron chi connectivity index (χ4n) is 2.21. The smallest absolute Gasteiger partial charge is 0.265 e. The summed E-state index contributed by atoms with van der Waals surface area (Å²) in [7, 11) is 0. The number of fused-ring (bicyclic) bond motifs is 1. The molecule has 2 N–H and O–H groups in total. The van der Waals surface area contributed by atoms with Gasteiger partial charge in [0, 0.05) is 0 Å². The molecular weight excluding hydrogens is 246 g/mol. The molecule has 3 rings (SSSR count). The van der Waals surface area contributed by atoms with Crippen LogP contribution in [0.15, 0.2) is 24.3 Å². The zero-order valence-corrected chi connectivity index (χ0v) is 10.8. The molecule has 0 radical (unpaired) electrons. The molecule has 1 heterocycles. The minimum absolute atomic E-state index is 0.0305. The van der Waals surface area contributed by atoms with Crippen LogP contribution in [-0.2, 0) is 4.79 Å². The highest BCUT2D eigenvalue weighted by Crippen LogP contribution is 2.36. The van der Waals surface area contributed by atoms with Crippen LogP contribution in [0.5, 0.6) is 11.5 Å². The van der Waals surface area contributed by atoms with E-state index in [2.05, 4.69) is 5.32 Å². The van der Waals surface area contributed by atoms with Gasteiger partial charge >= 0.3 is 0 Å². The Morgan fingerprint density at radius 3 is 2.58 bits per heavy atom. The summed E-state index contributed by atoms with van der Waals surface area (Å²) in [6.07, 6.45) is 0.588. The summed E-state index contributed by atoms with van der Waals surface area (Å²) in [4.78, 5) is 12.2. The standard InChI is InChI=1S/C14H17NO4/c1-9-12(13(17)15-14(8-16)6-7-14)19-11-5-3-2-4-10(11)18-9/h2-5,9,12,16H,6-8H2,1H3,(H,15,17). The third-order valence-electron chi connectivity index (χ3n) is 3.65. The van der Waals surface area contributed by atoms with Gasteiger partial charge in [-0.15, -0.1) is 0 Å². The highest BCUT2D eigenvalue weighted by Gasteiger charge is 2.46. The molecule has 1 aromatic rings. The van der Waals surface area contributed by atoms with Crippen LogP contribution in [0.4, 0.5) is 0 Å². The monoisotopic (exact) mass is 263 g/mol. The van der Waals surface area contributed by atoms with Gasteiger partial charge in [0.15, 0.2) is 11.5 Å². The molecule has 1 saturated carbocycles. The van der Waals surface area contributed by atoms with Crippen molar-refractivity contribution < 1.29 is 19.4 Å². The van der Waals surface area contributed by atoms with Gasteiger partial charge in [0.05, 0.1) is 12.1 Å². The number of hydrogen-bond acceptors (Lipinski definition) is 4. The van der Waals surface area contributed by atoms with Crippen LogP contribution in [-0.4, -0.2) is 35.4 Å². The molecule has 0 bridgehead atoms. The number of para-hydroxylation sites is 2. The van der Waals surface area contributed by atoms with E-state index in [1.807, 2.05) is 18.2 Å². The van der Waals surface area contributed by atoms with E-state index in [1.165, 1.54) is 0 Å². The van der Waals surface area contributed by atoms with E-state index < -0.39 is 11.6 Å². The van der Waals surface area contributed by atoms with Crippen molar-refractivity contribution in [3.05, 3.63) is 24.3 Å². The Morgan fingerprint density at radius 2 is 2.00 bits per heavy atom. The summed E-state index contributed by atoms with van der Waals surface area (Å²) >= 11 is 0. The van der Waals surface area contributed by atoms with Gasteiger partial charge in [-0.05, 0) is 31.9 Å². The van der Waals surface area contributed by atoms with Gasteiger partial charge in [-0.1, -0.05) is 12.1 Å². The predicted octanol–water partition coefficient (Wildman–Crippen LogP) is 0.856. The molecule has 19 heavy (non-hydrogen) atoms. The van der Waals surface area contributed by atoms with Crippen molar-refractivity contribution in [3.8, 4) is 11.5 Å². The van der Waals surface area contributed by atoms with E-state index in [0.717, 1.165) is 12.8 Å². The second kappa shape index (κ2) is 4.42. The molecule has 1 aliphatic heterocycles. The van der Waals surface area contributed by atoms with E-state index in [1.54, 1.807) is 13.0 Å². The van der Waals surface area contributed by atoms with Crippen molar-refractivity contribution in [2.45, 2.75) is 37.5 Å². The Bertz CT molecular complexity index is 498. The van der Waals surface area contributed by atoms with Gasteiger partial charge in [0.1, 0.15) is 6.10 Å². The third-order valence-corrected chi connectivity index (χ3v) is 3.65. The molecule has 2 atom stereocenters. The molecule has 1 aliphatic carbocycles. The topological polar surface area (TPSA) is 67.8 Å². The Balaban J connectivity index is 1.73. The number of hydrogen-bond donors (Lipinski definition) is 2. The van der Waals surface area contributed by atoms with Crippen molar-refractivity contribution in [3.63, 3.8) is 0 Å². The SMILES string of the molecule is CC1Oc2ccccc2OC1C(=O)NC1(CO)CC1. The number of carbonyl (C=O) groups is 1. The molecular formula is C14H17NO4. The quantitative estimate of drug-likeness (QED) is 0.848. The lowest BCUT2D eigenvalue weighted by Crippen LogP contribution is -2.53. The van der Waals surface area contributed by atoms with Gasteiger partial charge in [0.25, 0.3) is 5.91 Å². The number of ether oxygens (including phenoxy) is 2. The third kappa shape index (κ3) is 2.26. The Morgan fingerprint density at radius 1 is 1.37 bits per heavy atom. The summed E-state index contributed by atoms with van der Waals surface area (Å²) in [5, 5.41) is 12.1. The summed E-state index contributed by atoms with van der Waals surface area (Å²) in [6, 6.07) is 7.29. The minimum Gasteiger partial charge on any atom is -0.482 e. The van der Waals surface area contributed by atoms with Crippen LogP contribution in [0.3, 0.4) is 0 Å². The molecule has 1 amide bonds. The average molecular weight is 263 g/mol. The lowest BCUT2D eigenvalue weighted by Gasteiger charge is -2.32. The first-order chi connectivity index (χ1) is 9.13. The lowest BCUT2D eigenvalue weighted by molar-refractivity contribution is -0.134. The largest absolute Gasteiger partial charge is 0.482 e. The van der Waals surface area contributed by atoms with Gasteiger partial charge in [-0.25, -0.2) is 0 Å². The molecule has 5 nitrogen and oxygen atoms in total. The predicted molar refractivity (Wildman–Crippen MR) is 68.1 cm³/mol. The molecule has 0 saturated heterocycles. The second-order valence-corrected chi connectivity index (χ2v) is 5.24. The van der Waals surface area contributed by atoms with E-state index in [-0.39, 0.29) is 18.6 Å². The fraction of sp³-hybridized carbons (Fsp3) is 0.500. The maximum absolute atomic E-state index is 12.2. The molecule has 5 heteroatoms. The van der Waals surface area contributed by atoms with Crippen LogP contribution in [0.2, 0.25) is 0 Å². The zero-order chi connectivity index (χ0) is 13.5. The van der Waals surface area contributed by atoms with E-state index >= 15 is 0 Å². The van der Waals surface area contributed by atoms with Crippen LogP contribution in [0.25, 0.3) is 0 Å². The lowest BCUT2D eigenvalue weighted by atomic mass is 10.1. The first kappa shape index (κ1) is 12.3. The normalized spacial score (nSPS) is 26.6. The number of aliphatic hydroxyl groups is 1. The summed E-state index contributed by atoms with van der Waals surface area (Å²) in [6.45, 7) is 1.77. The van der Waals surface area contributed by atoms with Crippen molar-refractivity contribution >= 4 is 5.91 Å². The van der Waals surface area contributed by atoms with Crippen molar-refractivity contribution in [2.24, 2.45) is 0 Å². The van der Waals surface area contributed by atoms with Crippen LogP contribution in [0.1, 0.15) is 19.8 Å². The first-order valence-electron chi connectivity index (χ1n) is 6.49. The number of carbonyl (C=O) groups excluding carboxylic acids is 1. The molecule has 1 fully saturated rings. The van der Waals surface area contributed by atoms with Crippen molar-refractivity contribution in [1.29, 1.82) is 0 Å². The number of nitrogens with one attached hydrogen (secondary N) is 1. The number of amides is 1. The van der Waals surface area contributed by atoms with Crippen LogP contribution < -0.4 is 14.8 Å². The average Bonchev–Trinajstić information content (AvgIpc) is 3.18. The van der Waals surface area contributed by atoms with Gasteiger partial charge in [-0.2, -0.15) is 0 Å². The molecule has 102 valence electrons. The van der Waals surface area contributed by atoms with Gasteiger partial charge in [0.2, 0.25) is 6.10 Å². The maximum Gasteiger partial charge on any atom is 0.265 e. The highest BCUT2D eigenvalue weighted by molar-refractivity contribution is 5.83.